The third kappa shape index (κ3) is 4.16. The highest BCUT2D eigenvalue weighted by Gasteiger charge is 2.19. The molecule has 21 heavy (non-hydrogen) atoms. The van der Waals surface area contributed by atoms with Crippen LogP contribution in [0.3, 0.4) is 0 Å². The van der Waals surface area contributed by atoms with E-state index in [0.717, 1.165) is 18.4 Å². The molecule has 0 saturated heterocycles. The van der Waals surface area contributed by atoms with Crippen molar-refractivity contribution in [3.05, 3.63) is 70.8 Å². The molecule has 0 fully saturated rings. The van der Waals surface area contributed by atoms with E-state index in [4.69, 9.17) is 5.73 Å². The number of aliphatic hydroxyl groups is 1. The summed E-state index contributed by atoms with van der Waals surface area (Å²) in [6.45, 7) is 4.65. The van der Waals surface area contributed by atoms with Crippen LogP contribution in [0.15, 0.2) is 48.5 Å². The SMILES string of the molecule is Cc1ccc(C(CN)C(O)CCc2ccccc2C)cc1. The number of nitrogens with two attached hydrogens (primary N) is 1. The molecule has 2 aromatic carbocycles. The molecule has 0 bridgehead atoms. The van der Waals surface area contributed by atoms with Crippen LogP contribution < -0.4 is 5.73 Å². The molecule has 2 atom stereocenters. The maximum absolute atomic E-state index is 10.5. The van der Waals surface area contributed by atoms with E-state index in [0.29, 0.717) is 6.54 Å². The minimum atomic E-state index is -0.405. The highest BCUT2D eigenvalue weighted by molar-refractivity contribution is 5.27. The van der Waals surface area contributed by atoms with Crippen LogP contribution in [0.25, 0.3) is 0 Å². The van der Waals surface area contributed by atoms with E-state index in [-0.39, 0.29) is 5.92 Å². The van der Waals surface area contributed by atoms with E-state index in [1.165, 1.54) is 16.7 Å². The van der Waals surface area contributed by atoms with Crippen molar-refractivity contribution < 1.29 is 5.11 Å². The average molecular weight is 283 g/mol. The van der Waals surface area contributed by atoms with Gasteiger partial charge in [0.25, 0.3) is 0 Å². The standard InChI is InChI=1S/C19H25NO/c1-14-7-9-17(10-8-14)18(13-20)19(21)12-11-16-6-4-3-5-15(16)2/h3-10,18-19,21H,11-13,20H2,1-2H3. The van der Waals surface area contributed by atoms with Crippen LogP contribution in [0.2, 0.25) is 0 Å². The van der Waals surface area contributed by atoms with Gasteiger partial charge in [0.05, 0.1) is 6.10 Å². The normalized spacial score (nSPS) is 13.9. The third-order valence-corrected chi connectivity index (χ3v) is 4.19. The number of hydrogen-bond acceptors (Lipinski definition) is 2. The molecule has 3 N–H and O–H groups in total. The maximum Gasteiger partial charge on any atom is 0.0624 e. The second-order valence-electron chi connectivity index (χ2n) is 5.79. The summed E-state index contributed by atoms with van der Waals surface area (Å²) >= 11 is 0. The molecule has 0 amide bonds. The predicted molar refractivity (Wildman–Crippen MR) is 88.5 cm³/mol. The van der Waals surface area contributed by atoms with Gasteiger partial charge in [-0.15, -0.1) is 0 Å². The Morgan fingerprint density at radius 2 is 1.67 bits per heavy atom. The lowest BCUT2D eigenvalue weighted by Crippen LogP contribution is -2.26. The number of benzene rings is 2. The molecule has 0 saturated carbocycles. The van der Waals surface area contributed by atoms with Gasteiger partial charge >= 0.3 is 0 Å². The Morgan fingerprint density at radius 1 is 1.00 bits per heavy atom. The van der Waals surface area contributed by atoms with Crippen molar-refractivity contribution in [3.8, 4) is 0 Å². The average Bonchev–Trinajstić information content (AvgIpc) is 2.49. The lowest BCUT2D eigenvalue weighted by Gasteiger charge is -2.22. The highest BCUT2D eigenvalue weighted by atomic mass is 16.3. The summed E-state index contributed by atoms with van der Waals surface area (Å²) in [6.07, 6.45) is 1.22. The van der Waals surface area contributed by atoms with Gasteiger partial charge in [0.1, 0.15) is 0 Å². The fraction of sp³-hybridized carbons (Fsp3) is 0.368. The fourth-order valence-electron chi connectivity index (χ4n) is 2.72. The molecule has 2 nitrogen and oxygen atoms in total. The molecule has 0 aliphatic heterocycles. The van der Waals surface area contributed by atoms with E-state index in [9.17, 15) is 5.11 Å². The summed E-state index contributed by atoms with van der Waals surface area (Å²) < 4.78 is 0. The van der Waals surface area contributed by atoms with Gasteiger partial charge in [0.15, 0.2) is 0 Å². The van der Waals surface area contributed by atoms with Crippen molar-refractivity contribution in [2.45, 2.75) is 38.7 Å². The summed E-state index contributed by atoms with van der Waals surface area (Å²) in [6, 6.07) is 16.6. The highest BCUT2D eigenvalue weighted by Crippen LogP contribution is 2.23. The van der Waals surface area contributed by atoms with E-state index < -0.39 is 6.10 Å². The molecular formula is C19H25NO. The first-order valence-electron chi connectivity index (χ1n) is 7.61. The van der Waals surface area contributed by atoms with Crippen LogP contribution in [0.1, 0.15) is 34.6 Å². The summed E-state index contributed by atoms with van der Waals surface area (Å²) in [5.74, 6) is 0.00891. The second-order valence-corrected chi connectivity index (χ2v) is 5.79. The number of hydrogen-bond donors (Lipinski definition) is 2. The van der Waals surface area contributed by atoms with Gasteiger partial charge in [0.2, 0.25) is 0 Å². The Bertz CT molecular complexity index is 562. The van der Waals surface area contributed by atoms with E-state index in [1.54, 1.807) is 0 Å². The van der Waals surface area contributed by atoms with Gasteiger partial charge in [-0.25, -0.2) is 0 Å². The first kappa shape index (κ1) is 15.7. The van der Waals surface area contributed by atoms with Crippen LogP contribution in [0.5, 0.6) is 0 Å². The van der Waals surface area contributed by atoms with Gasteiger partial charge in [-0.2, -0.15) is 0 Å². The molecule has 0 heterocycles. The Morgan fingerprint density at radius 3 is 2.29 bits per heavy atom. The Kier molecular flexibility index (Phi) is 5.54. The van der Waals surface area contributed by atoms with Gasteiger partial charge in [0, 0.05) is 12.5 Å². The monoisotopic (exact) mass is 283 g/mol. The first-order valence-corrected chi connectivity index (χ1v) is 7.61. The topological polar surface area (TPSA) is 46.2 Å². The van der Waals surface area contributed by atoms with Crippen molar-refractivity contribution in [3.63, 3.8) is 0 Å². The van der Waals surface area contributed by atoms with Crippen molar-refractivity contribution in [1.29, 1.82) is 0 Å². The lowest BCUT2D eigenvalue weighted by atomic mass is 9.89. The molecule has 2 aromatic rings. The predicted octanol–water partition coefficient (Wildman–Crippen LogP) is 3.34. The zero-order valence-corrected chi connectivity index (χ0v) is 12.9. The molecule has 0 aromatic heterocycles. The van der Waals surface area contributed by atoms with Crippen molar-refractivity contribution >= 4 is 0 Å². The summed E-state index contributed by atoms with van der Waals surface area (Å²) in [7, 11) is 0. The molecule has 2 unspecified atom stereocenters. The van der Waals surface area contributed by atoms with Gasteiger partial charge in [-0.1, -0.05) is 54.1 Å². The van der Waals surface area contributed by atoms with Gasteiger partial charge < -0.3 is 10.8 Å². The van der Waals surface area contributed by atoms with E-state index in [2.05, 4.69) is 56.3 Å². The van der Waals surface area contributed by atoms with Crippen LogP contribution in [-0.2, 0) is 6.42 Å². The molecule has 0 spiro atoms. The van der Waals surface area contributed by atoms with Crippen LogP contribution in [-0.4, -0.2) is 17.8 Å². The van der Waals surface area contributed by atoms with Gasteiger partial charge in [-0.3, -0.25) is 0 Å². The zero-order valence-electron chi connectivity index (χ0n) is 12.9. The zero-order chi connectivity index (χ0) is 15.2. The van der Waals surface area contributed by atoms with Crippen LogP contribution >= 0.6 is 0 Å². The van der Waals surface area contributed by atoms with Crippen molar-refractivity contribution in [2.75, 3.05) is 6.54 Å². The largest absolute Gasteiger partial charge is 0.392 e. The van der Waals surface area contributed by atoms with Crippen molar-refractivity contribution in [1.82, 2.24) is 0 Å². The molecule has 112 valence electrons. The number of aryl methyl sites for hydroxylation is 3. The van der Waals surface area contributed by atoms with Crippen LogP contribution in [0.4, 0.5) is 0 Å². The minimum Gasteiger partial charge on any atom is -0.392 e. The minimum absolute atomic E-state index is 0.00891. The summed E-state index contributed by atoms with van der Waals surface area (Å²) in [4.78, 5) is 0. The molecule has 2 heteroatoms. The first-order chi connectivity index (χ1) is 10.1. The lowest BCUT2D eigenvalue weighted by molar-refractivity contribution is 0.136. The Balaban J connectivity index is 2.02. The quantitative estimate of drug-likeness (QED) is 0.854. The van der Waals surface area contributed by atoms with Gasteiger partial charge in [-0.05, 0) is 43.4 Å². The molecule has 0 aliphatic carbocycles. The molecule has 2 rings (SSSR count). The van der Waals surface area contributed by atoms with E-state index >= 15 is 0 Å². The summed E-state index contributed by atoms with van der Waals surface area (Å²) in [5.41, 5.74) is 10.8. The molecular weight excluding hydrogens is 258 g/mol. The van der Waals surface area contributed by atoms with Crippen LogP contribution in [0, 0.1) is 13.8 Å². The Labute approximate surface area is 127 Å². The smallest absolute Gasteiger partial charge is 0.0624 e. The second kappa shape index (κ2) is 7.39. The maximum atomic E-state index is 10.5. The Hall–Kier alpha value is -1.64. The third-order valence-electron chi connectivity index (χ3n) is 4.19. The number of aliphatic hydroxyl groups excluding tert-OH is 1. The molecule has 0 radical (unpaired) electrons. The number of rotatable bonds is 6. The molecule has 0 aliphatic rings. The van der Waals surface area contributed by atoms with Crippen molar-refractivity contribution in [2.24, 2.45) is 5.73 Å². The van der Waals surface area contributed by atoms with E-state index in [1.807, 2.05) is 6.07 Å². The summed E-state index contributed by atoms with van der Waals surface area (Å²) in [5, 5.41) is 10.5. The fourth-order valence-corrected chi connectivity index (χ4v) is 2.72.